The second-order valence-corrected chi connectivity index (χ2v) is 7.27. The average molecular weight is 385 g/mol. The van der Waals surface area contributed by atoms with E-state index in [2.05, 4.69) is 5.32 Å². The van der Waals surface area contributed by atoms with Gasteiger partial charge < -0.3 is 5.32 Å². The topological polar surface area (TPSA) is 66.5 Å². The van der Waals surface area contributed by atoms with Crippen LogP contribution < -0.4 is 5.32 Å². The van der Waals surface area contributed by atoms with E-state index in [4.69, 9.17) is 11.6 Å². The first-order valence-corrected chi connectivity index (χ1v) is 9.17. The van der Waals surface area contributed by atoms with Crippen LogP contribution in [0.15, 0.2) is 42.5 Å². The lowest BCUT2D eigenvalue weighted by Gasteiger charge is -2.25. The molecule has 3 rings (SSSR count). The third-order valence-corrected chi connectivity index (χ3v) is 5.29. The van der Waals surface area contributed by atoms with Gasteiger partial charge in [-0.15, -0.1) is 0 Å². The Balaban J connectivity index is 1.90. The smallest absolute Gasteiger partial charge is 0.319 e. The van der Waals surface area contributed by atoms with Gasteiger partial charge in [-0.2, -0.15) is 0 Å². The molecule has 140 valence electrons. The lowest BCUT2D eigenvalue weighted by Crippen LogP contribution is -2.43. The van der Waals surface area contributed by atoms with Crippen LogP contribution in [0.4, 0.5) is 4.79 Å². The van der Waals surface area contributed by atoms with Crippen LogP contribution in [0.3, 0.4) is 0 Å². The molecule has 1 N–H and O–H groups in total. The molecule has 1 fully saturated rings. The quantitative estimate of drug-likeness (QED) is 0.626. The number of rotatable bonds is 5. The van der Waals surface area contributed by atoms with Crippen molar-refractivity contribution in [2.45, 2.75) is 32.7 Å². The number of halogens is 1. The molecule has 6 heteroatoms. The summed E-state index contributed by atoms with van der Waals surface area (Å²) in [5, 5.41) is 3.32. The van der Waals surface area contributed by atoms with Crippen molar-refractivity contribution in [3.63, 3.8) is 0 Å². The Bertz CT molecular complexity index is 924. The van der Waals surface area contributed by atoms with Crippen molar-refractivity contribution in [1.29, 1.82) is 0 Å². The first-order valence-electron chi connectivity index (χ1n) is 8.79. The highest BCUT2D eigenvalue weighted by Crippen LogP contribution is 2.33. The molecule has 1 aliphatic heterocycles. The number of benzene rings is 2. The van der Waals surface area contributed by atoms with Gasteiger partial charge in [0.2, 0.25) is 0 Å². The average Bonchev–Trinajstić information content (AvgIpc) is 2.89. The first-order chi connectivity index (χ1) is 12.8. The highest BCUT2D eigenvalue weighted by Gasteiger charge is 2.51. The molecule has 0 radical (unpaired) electrons. The highest BCUT2D eigenvalue weighted by molar-refractivity contribution is 6.30. The lowest BCUT2D eigenvalue weighted by atomic mass is 9.87. The second kappa shape index (κ2) is 7.16. The molecule has 27 heavy (non-hydrogen) atoms. The Hall–Kier alpha value is -2.66. The molecule has 1 aliphatic rings. The number of urea groups is 1. The van der Waals surface area contributed by atoms with Gasteiger partial charge in [0.25, 0.3) is 5.91 Å². The zero-order valence-corrected chi connectivity index (χ0v) is 16.3. The number of nitrogens with one attached hydrogen (secondary N) is 1. The molecule has 0 aliphatic carbocycles. The SMILES string of the molecule is CC[C@@]1(c2ccc(Cl)cc2)NC(=O)N(CC(=O)c2cc(C)ccc2C)C1=O. The number of hydrogen-bond acceptors (Lipinski definition) is 3. The van der Waals surface area contributed by atoms with Crippen LogP contribution in [0.25, 0.3) is 0 Å². The summed E-state index contributed by atoms with van der Waals surface area (Å²) < 4.78 is 0. The maximum absolute atomic E-state index is 13.1. The third-order valence-electron chi connectivity index (χ3n) is 5.04. The molecular formula is C21H21ClN2O3. The van der Waals surface area contributed by atoms with Crippen LogP contribution in [-0.4, -0.2) is 29.2 Å². The van der Waals surface area contributed by atoms with E-state index in [1.807, 2.05) is 32.9 Å². The van der Waals surface area contributed by atoms with Crippen LogP contribution in [0, 0.1) is 13.8 Å². The van der Waals surface area contributed by atoms with Gasteiger partial charge >= 0.3 is 6.03 Å². The molecule has 1 saturated heterocycles. The summed E-state index contributed by atoms with van der Waals surface area (Å²) in [6.45, 7) is 5.27. The zero-order chi connectivity index (χ0) is 19.8. The van der Waals surface area contributed by atoms with E-state index in [0.29, 0.717) is 22.6 Å². The van der Waals surface area contributed by atoms with Crippen molar-refractivity contribution in [2.75, 3.05) is 6.54 Å². The Morgan fingerprint density at radius 1 is 1.11 bits per heavy atom. The molecule has 5 nitrogen and oxygen atoms in total. The summed E-state index contributed by atoms with van der Waals surface area (Å²) in [5.41, 5.74) is 1.76. The monoisotopic (exact) mass is 384 g/mol. The van der Waals surface area contributed by atoms with Crippen LogP contribution in [0.5, 0.6) is 0 Å². The van der Waals surface area contributed by atoms with Gasteiger partial charge in [0, 0.05) is 10.6 Å². The summed E-state index contributed by atoms with van der Waals surface area (Å²) >= 11 is 5.94. The molecule has 2 aromatic carbocycles. The van der Waals surface area contributed by atoms with Crippen molar-refractivity contribution in [3.05, 3.63) is 69.7 Å². The van der Waals surface area contributed by atoms with Crippen LogP contribution in [-0.2, 0) is 10.3 Å². The number of ketones is 1. The van der Waals surface area contributed by atoms with Crippen LogP contribution in [0.2, 0.25) is 5.02 Å². The summed E-state index contributed by atoms with van der Waals surface area (Å²) in [6.07, 6.45) is 0.368. The number of carbonyl (C=O) groups excluding carboxylic acids is 3. The molecule has 0 bridgehead atoms. The molecular weight excluding hydrogens is 364 g/mol. The standard InChI is InChI=1S/C21H21ClN2O3/c1-4-21(15-7-9-16(22)10-8-15)19(26)24(20(27)23-21)12-18(25)17-11-13(2)5-6-14(17)3/h5-11H,4,12H2,1-3H3,(H,23,27)/t21-/m0/s1. The van der Waals surface area contributed by atoms with Crippen molar-refractivity contribution in [1.82, 2.24) is 10.2 Å². The molecule has 0 unspecified atom stereocenters. The van der Waals surface area contributed by atoms with Crippen LogP contribution in [0.1, 0.15) is 40.4 Å². The summed E-state index contributed by atoms with van der Waals surface area (Å²) in [4.78, 5) is 39.4. The normalized spacial score (nSPS) is 19.3. The van der Waals surface area contributed by atoms with Gasteiger partial charge in [0.1, 0.15) is 5.54 Å². The Labute approximate surface area is 163 Å². The van der Waals surface area contributed by atoms with E-state index in [9.17, 15) is 14.4 Å². The number of imide groups is 1. The molecule has 0 aromatic heterocycles. The van der Waals surface area contributed by atoms with Gasteiger partial charge in [0.15, 0.2) is 5.78 Å². The highest BCUT2D eigenvalue weighted by atomic mass is 35.5. The molecule has 3 amide bonds. The maximum Gasteiger partial charge on any atom is 0.325 e. The van der Waals surface area contributed by atoms with E-state index in [1.54, 1.807) is 30.3 Å². The molecule has 2 aromatic rings. The van der Waals surface area contributed by atoms with Crippen molar-refractivity contribution in [3.8, 4) is 0 Å². The molecule has 0 saturated carbocycles. The fourth-order valence-electron chi connectivity index (χ4n) is 3.41. The summed E-state index contributed by atoms with van der Waals surface area (Å²) in [6, 6.07) is 11.8. The number of aryl methyl sites for hydroxylation is 2. The minimum Gasteiger partial charge on any atom is -0.319 e. The van der Waals surface area contributed by atoms with E-state index in [0.717, 1.165) is 16.0 Å². The van der Waals surface area contributed by atoms with Crippen molar-refractivity contribution >= 4 is 29.3 Å². The van der Waals surface area contributed by atoms with Gasteiger partial charge in [-0.3, -0.25) is 14.5 Å². The Morgan fingerprint density at radius 2 is 1.78 bits per heavy atom. The number of hydrogen-bond donors (Lipinski definition) is 1. The van der Waals surface area contributed by atoms with Crippen LogP contribution >= 0.6 is 11.6 Å². The second-order valence-electron chi connectivity index (χ2n) is 6.83. The van der Waals surface area contributed by atoms with E-state index in [-0.39, 0.29) is 12.3 Å². The predicted molar refractivity (Wildman–Crippen MR) is 104 cm³/mol. The number of nitrogens with zero attached hydrogens (tertiary/aromatic N) is 1. The fraction of sp³-hybridized carbons (Fsp3) is 0.286. The maximum atomic E-state index is 13.1. The van der Waals surface area contributed by atoms with E-state index >= 15 is 0 Å². The molecule has 0 spiro atoms. The largest absolute Gasteiger partial charge is 0.325 e. The fourth-order valence-corrected chi connectivity index (χ4v) is 3.53. The minimum atomic E-state index is -1.18. The van der Waals surface area contributed by atoms with Gasteiger partial charge in [-0.05, 0) is 49.6 Å². The van der Waals surface area contributed by atoms with Crippen molar-refractivity contribution < 1.29 is 14.4 Å². The van der Waals surface area contributed by atoms with Gasteiger partial charge in [-0.25, -0.2) is 4.79 Å². The Kier molecular flexibility index (Phi) is 5.07. The summed E-state index contributed by atoms with van der Waals surface area (Å²) in [5.74, 6) is -0.682. The van der Waals surface area contributed by atoms with Crippen molar-refractivity contribution in [2.24, 2.45) is 0 Å². The number of carbonyl (C=O) groups is 3. The van der Waals surface area contributed by atoms with E-state index < -0.39 is 17.5 Å². The minimum absolute atomic E-state index is 0.261. The third kappa shape index (κ3) is 3.35. The van der Waals surface area contributed by atoms with Gasteiger partial charge in [-0.1, -0.05) is 48.4 Å². The number of Topliss-reactive ketones (excluding diaryl/α,β-unsaturated/α-hetero) is 1. The summed E-state index contributed by atoms with van der Waals surface area (Å²) in [7, 11) is 0. The number of amides is 3. The zero-order valence-electron chi connectivity index (χ0n) is 15.5. The first kappa shape index (κ1) is 19.1. The van der Waals surface area contributed by atoms with E-state index in [1.165, 1.54) is 0 Å². The lowest BCUT2D eigenvalue weighted by molar-refractivity contribution is -0.131. The molecule has 1 atom stereocenters. The molecule has 1 heterocycles. The van der Waals surface area contributed by atoms with Gasteiger partial charge in [0.05, 0.1) is 6.54 Å². The Morgan fingerprint density at radius 3 is 2.41 bits per heavy atom. The predicted octanol–water partition coefficient (Wildman–Crippen LogP) is 4.00.